The third-order valence-corrected chi connectivity index (χ3v) is 2.53. The summed E-state index contributed by atoms with van der Waals surface area (Å²) in [4.78, 5) is 19.2. The van der Waals surface area contributed by atoms with Gasteiger partial charge in [-0.1, -0.05) is 0 Å². The van der Waals surface area contributed by atoms with Crippen LogP contribution in [0.2, 0.25) is 0 Å². The van der Waals surface area contributed by atoms with Crippen molar-refractivity contribution in [3.63, 3.8) is 0 Å². The second-order valence-corrected chi connectivity index (χ2v) is 3.95. The van der Waals surface area contributed by atoms with E-state index in [9.17, 15) is 9.90 Å². The predicted octanol–water partition coefficient (Wildman–Crippen LogP) is 0.483. The Bertz CT molecular complexity index is 597. The second-order valence-electron chi connectivity index (χ2n) is 3.95. The molecule has 6 heteroatoms. The van der Waals surface area contributed by atoms with Gasteiger partial charge in [-0.3, -0.25) is 4.79 Å². The molecule has 19 heavy (non-hydrogen) atoms. The van der Waals surface area contributed by atoms with Crippen LogP contribution in [0.15, 0.2) is 30.3 Å². The van der Waals surface area contributed by atoms with Crippen LogP contribution in [-0.4, -0.2) is 32.7 Å². The minimum absolute atomic E-state index is 0.0791. The van der Waals surface area contributed by atoms with Crippen LogP contribution in [0.1, 0.15) is 16.3 Å². The monoisotopic (exact) mass is 259 g/mol. The average molecular weight is 259 g/mol. The number of aliphatic hydroxyl groups is 1. The molecular weight excluding hydrogens is 246 g/mol. The molecule has 0 atom stereocenters. The fourth-order valence-electron chi connectivity index (χ4n) is 1.63. The molecule has 0 fully saturated rings. The smallest absolute Gasteiger partial charge is 0.286 e. The maximum atomic E-state index is 11.2. The maximum absolute atomic E-state index is 11.2. The Kier molecular flexibility index (Phi) is 3.72. The fraction of sp³-hybridized carbons (Fsp3) is 0.154. The van der Waals surface area contributed by atoms with Crippen LogP contribution in [0.5, 0.6) is 5.75 Å². The number of hydrogen-bond acceptors (Lipinski definition) is 5. The van der Waals surface area contributed by atoms with Crippen LogP contribution in [0.25, 0.3) is 11.3 Å². The van der Waals surface area contributed by atoms with Crippen LogP contribution in [0, 0.1) is 0 Å². The predicted molar refractivity (Wildman–Crippen MR) is 68.4 cm³/mol. The fourth-order valence-corrected chi connectivity index (χ4v) is 1.63. The van der Waals surface area contributed by atoms with Gasteiger partial charge >= 0.3 is 0 Å². The summed E-state index contributed by atoms with van der Waals surface area (Å²) in [6.07, 6.45) is 0.313. The first-order chi connectivity index (χ1) is 9.10. The molecule has 98 valence electrons. The molecule has 1 heterocycles. The van der Waals surface area contributed by atoms with Crippen LogP contribution < -0.4 is 5.73 Å². The molecule has 2 aromatic rings. The summed E-state index contributed by atoms with van der Waals surface area (Å²) in [6, 6.07) is 8.06. The number of phenols is 1. The summed E-state index contributed by atoms with van der Waals surface area (Å²) < 4.78 is 0. The summed E-state index contributed by atoms with van der Waals surface area (Å²) in [6.45, 7) is -0.0791. The van der Waals surface area contributed by atoms with E-state index in [0.29, 0.717) is 17.8 Å². The van der Waals surface area contributed by atoms with E-state index in [1.54, 1.807) is 18.2 Å². The number of hydrogen-bond donors (Lipinski definition) is 3. The number of rotatable bonds is 4. The van der Waals surface area contributed by atoms with Crippen LogP contribution in [0.3, 0.4) is 0 Å². The van der Waals surface area contributed by atoms with E-state index in [4.69, 9.17) is 10.8 Å². The van der Waals surface area contributed by atoms with Crippen molar-refractivity contribution in [1.29, 1.82) is 0 Å². The molecule has 0 saturated carbocycles. The van der Waals surface area contributed by atoms with Gasteiger partial charge in [0, 0.05) is 24.3 Å². The number of aromatic hydroxyl groups is 1. The van der Waals surface area contributed by atoms with Gasteiger partial charge in [-0.15, -0.1) is 0 Å². The number of primary amides is 1. The number of benzene rings is 1. The van der Waals surface area contributed by atoms with Crippen molar-refractivity contribution in [2.24, 2.45) is 5.73 Å². The van der Waals surface area contributed by atoms with E-state index in [0.717, 1.165) is 5.56 Å². The van der Waals surface area contributed by atoms with Crippen molar-refractivity contribution in [3.05, 3.63) is 41.9 Å². The van der Waals surface area contributed by atoms with Crippen LogP contribution in [0.4, 0.5) is 0 Å². The van der Waals surface area contributed by atoms with Gasteiger partial charge < -0.3 is 15.9 Å². The molecular formula is C13H13N3O3. The molecule has 0 radical (unpaired) electrons. The Labute approximate surface area is 109 Å². The average Bonchev–Trinajstić information content (AvgIpc) is 2.39. The summed E-state index contributed by atoms with van der Waals surface area (Å²) in [5.41, 5.74) is 6.96. The molecule has 0 aliphatic rings. The van der Waals surface area contributed by atoms with Gasteiger partial charge in [0.15, 0.2) is 0 Å². The summed E-state index contributed by atoms with van der Waals surface area (Å²) in [5.74, 6) is -0.669. The summed E-state index contributed by atoms with van der Waals surface area (Å²) in [7, 11) is 0. The number of aliphatic hydroxyl groups excluding tert-OH is 1. The zero-order valence-corrected chi connectivity index (χ0v) is 10.1. The highest BCUT2D eigenvalue weighted by atomic mass is 16.3. The molecule has 0 aliphatic heterocycles. The second kappa shape index (κ2) is 5.45. The molecule has 1 aromatic heterocycles. The van der Waals surface area contributed by atoms with Gasteiger partial charge in [-0.05, 0) is 30.3 Å². The van der Waals surface area contributed by atoms with Crippen molar-refractivity contribution in [2.75, 3.05) is 6.61 Å². The molecule has 1 amide bonds. The van der Waals surface area contributed by atoms with Crippen molar-refractivity contribution >= 4 is 5.91 Å². The van der Waals surface area contributed by atoms with E-state index in [1.165, 1.54) is 12.1 Å². The number of nitrogens with zero attached hydrogens (tertiary/aromatic N) is 2. The first kappa shape index (κ1) is 13.0. The minimum Gasteiger partial charge on any atom is -0.508 e. The van der Waals surface area contributed by atoms with E-state index in [1.807, 2.05) is 0 Å². The van der Waals surface area contributed by atoms with Crippen LogP contribution >= 0.6 is 0 Å². The van der Waals surface area contributed by atoms with Crippen molar-refractivity contribution < 1.29 is 15.0 Å². The molecule has 0 bridgehead atoms. The number of carbonyl (C=O) groups excluding carboxylic acids is 1. The Morgan fingerprint density at radius 2 is 1.89 bits per heavy atom. The SMILES string of the molecule is NC(=O)c1nc(CCO)cc(-c2ccc(O)cc2)n1. The Morgan fingerprint density at radius 3 is 2.47 bits per heavy atom. The van der Waals surface area contributed by atoms with Gasteiger partial charge in [-0.25, -0.2) is 9.97 Å². The number of phenolic OH excluding ortho intramolecular Hbond substituents is 1. The molecule has 0 saturated heterocycles. The number of aromatic nitrogens is 2. The van der Waals surface area contributed by atoms with Gasteiger partial charge in [0.25, 0.3) is 5.91 Å². The van der Waals surface area contributed by atoms with Gasteiger partial charge in [0.1, 0.15) is 5.75 Å². The van der Waals surface area contributed by atoms with E-state index >= 15 is 0 Å². The minimum atomic E-state index is -0.722. The molecule has 4 N–H and O–H groups in total. The van der Waals surface area contributed by atoms with Crippen LogP contribution in [-0.2, 0) is 6.42 Å². The Morgan fingerprint density at radius 1 is 1.21 bits per heavy atom. The molecule has 0 aliphatic carbocycles. The largest absolute Gasteiger partial charge is 0.508 e. The number of nitrogens with two attached hydrogens (primary N) is 1. The number of carbonyl (C=O) groups is 1. The molecule has 2 rings (SSSR count). The normalized spacial score (nSPS) is 10.4. The van der Waals surface area contributed by atoms with Gasteiger partial charge in [0.05, 0.1) is 5.69 Å². The lowest BCUT2D eigenvalue weighted by Crippen LogP contribution is -2.17. The third kappa shape index (κ3) is 3.05. The van der Waals surface area contributed by atoms with Crippen molar-refractivity contribution in [2.45, 2.75) is 6.42 Å². The van der Waals surface area contributed by atoms with Gasteiger partial charge in [0.2, 0.25) is 5.82 Å². The highest BCUT2D eigenvalue weighted by molar-refractivity contribution is 5.89. The molecule has 0 unspecified atom stereocenters. The quantitative estimate of drug-likeness (QED) is 0.740. The Balaban J connectivity index is 2.49. The lowest BCUT2D eigenvalue weighted by molar-refractivity contribution is 0.0990. The summed E-state index contributed by atoms with van der Waals surface area (Å²) in [5, 5.41) is 18.2. The first-order valence-electron chi connectivity index (χ1n) is 5.68. The molecule has 6 nitrogen and oxygen atoms in total. The van der Waals surface area contributed by atoms with Crippen molar-refractivity contribution in [3.8, 4) is 17.0 Å². The maximum Gasteiger partial charge on any atom is 0.286 e. The highest BCUT2D eigenvalue weighted by Crippen LogP contribution is 2.20. The van der Waals surface area contributed by atoms with Gasteiger partial charge in [-0.2, -0.15) is 0 Å². The lowest BCUT2D eigenvalue weighted by atomic mass is 10.1. The standard InChI is InChI=1S/C13H13N3O3/c14-12(19)13-15-9(5-6-17)7-11(16-13)8-1-3-10(18)4-2-8/h1-4,7,17-18H,5-6H2,(H2,14,19). The molecule has 0 spiro atoms. The Hall–Kier alpha value is -2.47. The van der Waals surface area contributed by atoms with E-state index in [-0.39, 0.29) is 18.2 Å². The highest BCUT2D eigenvalue weighted by Gasteiger charge is 2.10. The van der Waals surface area contributed by atoms with Crippen molar-refractivity contribution in [1.82, 2.24) is 9.97 Å². The van der Waals surface area contributed by atoms with E-state index in [2.05, 4.69) is 9.97 Å². The zero-order valence-electron chi connectivity index (χ0n) is 10.1. The third-order valence-electron chi connectivity index (χ3n) is 2.53. The number of amides is 1. The zero-order chi connectivity index (χ0) is 13.8. The topological polar surface area (TPSA) is 109 Å². The summed E-state index contributed by atoms with van der Waals surface area (Å²) >= 11 is 0. The lowest BCUT2D eigenvalue weighted by Gasteiger charge is -2.06. The van der Waals surface area contributed by atoms with E-state index < -0.39 is 5.91 Å². The molecule has 1 aromatic carbocycles. The first-order valence-corrected chi connectivity index (χ1v) is 5.68.